The molecule has 1 aliphatic carbocycles. The van der Waals surface area contributed by atoms with E-state index in [-0.39, 0.29) is 0 Å². The van der Waals surface area contributed by atoms with Crippen molar-refractivity contribution in [2.75, 3.05) is 13.6 Å². The van der Waals surface area contributed by atoms with Gasteiger partial charge in [0.05, 0.1) is 0 Å². The summed E-state index contributed by atoms with van der Waals surface area (Å²) in [6.07, 6.45) is 8.05. The number of hydrogen-bond donors (Lipinski definition) is 1. The van der Waals surface area contributed by atoms with Gasteiger partial charge in [0.2, 0.25) is 0 Å². The van der Waals surface area contributed by atoms with Gasteiger partial charge in [-0.15, -0.1) is 0 Å². The Morgan fingerprint density at radius 3 is 2.83 bits per heavy atom. The van der Waals surface area contributed by atoms with Gasteiger partial charge in [0.25, 0.3) is 0 Å². The van der Waals surface area contributed by atoms with Gasteiger partial charge in [0, 0.05) is 0 Å². The second-order valence-electron chi connectivity index (χ2n) is 5.70. The first kappa shape index (κ1) is 13.6. The quantitative estimate of drug-likeness (QED) is 0.822. The summed E-state index contributed by atoms with van der Waals surface area (Å²) >= 11 is 0. The van der Waals surface area contributed by atoms with Crippen molar-refractivity contribution in [3.63, 3.8) is 0 Å². The zero-order valence-electron chi connectivity index (χ0n) is 11.9. The molecule has 18 heavy (non-hydrogen) atoms. The summed E-state index contributed by atoms with van der Waals surface area (Å²) in [5, 5.41) is 3.38. The fraction of sp³-hybridized carbons (Fsp3) is 0.647. The van der Waals surface area contributed by atoms with Gasteiger partial charge in [-0.2, -0.15) is 0 Å². The molecular formula is C17H27N. The summed E-state index contributed by atoms with van der Waals surface area (Å²) in [5.74, 6) is 1.61. The van der Waals surface area contributed by atoms with E-state index >= 15 is 0 Å². The van der Waals surface area contributed by atoms with Gasteiger partial charge in [-0.05, 0) is 55.8 Å². The van der Waals surface area contributed by atoms with Crippen LogP contribution in [0.1, 0.15) is 56.1 Å². The lowest BCUT2D eigenvalue weighted by atomic mass is 9.75. The molecule has 2 atom stereocenters. The predicted molar refractivity (Wildman–Crippen MR) is 79.1 cm³/mol. The summed E-state index contributed by atoms with van der Waals surface area (Å²) in [5.41, 5.74) is 3.10. The molecule has 0 aliphatic heterocycles. The summed E-state index contributed by atoms with van der Waals surface area (Å²) in [6, 6.07) is 9.34. The highest BCUT2D eigenvalue weighted by atomic mass is 14.8. The summed E-state index contributed by atoms with van der Waals surface area (Å²) in [6.45, 7) is 3.43. The molecule has 1 heteroatoms. The molecule has 1 nitrogen and oxygen atoms in total. The Kier molecular flexibility index (Phi) is 5.25. The van der Waals surface area contributed by atoms with E-state index in [1.165, 1.54) is 50.6 Å². The Hall–Kier alpha value is -0.820. The minimum Gasteiger partial charge on any atom is -0.319 e. The average Bonchev–Trinajstić information content (AvgIpc) is 2.40. The fourth-order valence-electron chi connectivity index (χ4n) is 3.42. The minimum absolute atomic E-state index is 0.781. The van der Waals surface area contributed by atoms with E-state index in [4.69, 9.17) is 0 Å². The van der Waals surface area contributed by atoms with Crippen LogP contribution in [0, 0.1) is 5.92 Å². The molecule has 0 radical (unpaired) electrons. The highest BCUT2D eigenvalue weighted by Gasteiger charge is 2.25. The summed E-state index contributed by atoms with van der Waals surface area (Å²) in [4.78, 5) is 0. The largest absolute Gasteiger partial charge is 0.319 e. The molecule has 1 aliphatic rings. The van der Waals surface area contributed by atoms with Crippen molar-refractivity contribution in [3.8, 4) is 0 Å². The van der Waals surface area contributed by atoms with Gasteiger partial charge in [0.15, 0.2) is 0 Å². The van der Waals surface area contributed by atoms with E-state index in [1.54, 1.807) is 5.56 Å². The topological polar surface area (TPSA) is 12.0 Å². The molecule has 0 heterocycles. The molecule has 2 unspecified atom stereocenters. The Balaban J connectivity index is 2.14. The molecule has 0 aromatic heterocycles. The third-order valence-electron chi connectivity index (χ3n) is 4.29. The van der Waals surface area contributed by atoms with Crippen LogP contribution in [0.25, 0.3) is 0 Å². The van der Waals surface area contributed by atoms with E-state index in [0.29, 0.717) is 0 Å². The van der Waals surface area contributed by atoms with Crippen LogP contribution in [0.4, 0.5) is 0 Å². The number of benzene rings is 1. The van der Waals surface area contributed by atoms with Crippen LogP contribution < -0.4 is 5.32 Å². The molecule has 0 bridgehead atoms. The maximum atomic E-state index is 3.38. The van der Waals surface area contributed by atoms with Crippen LogP contribution in [0.2, 0.25) is 0 Å². The lowest BCUT2D eigenvalue weighted by molar-refractivity contribution is 0.301. The van der Waals surface area contributed by atoms with Gasteiger partial charge >= 0.3 is 0 Å². The van der Waals surface area contributed by atoms with E-state index in [9.17, 15) is 0 Å². The predicted octanol–water partition coefficient (Wildman–Crippen LogP) is 4.13. The van der Waals surface area contributed by atoms with E-state index in [1.807, 2.05) is 0 Å². The maximum Gasteiger partial charge on any atom is -0.00177 e. The van der Waals surface area contributed by atoms with Crippen LogP contribution in [-0.4, -0.2) is 13.6 Å². The number of nitrogens with one attached hydrogen (secondary N) is 1. The molecule has 0 amide bonds. The van der Waals surface area contributed by atoms with Crippen molar-refractivity contribution in [3.05, 3.63) is 35.4 Å². The van der Waals surface area contributed by atoms with Crippen molar-refractivity contribution in [2.45, 2.75) is 51.4 Å². The first-order chi connectivity index (χ1) is 8.85. The molecule has 100 valence electrons. The van der Waals surface area contributed by atoms with Crippen LogP contribution in [0.15, 0.2) is 24.3 Å². The van der Waals surface area contributed by atoms with Crippen molar-refractivity contribution >= 4 is 0 Å². The molecule has 1 fully saturated rings. The normalized spacial score (nSPS) is 24.1. The zero-order chi connectivity index (χ0) is 12.8. The van der Waals surface area contributed by atoms with Gasteiger partial charge in [-0.3, -0.25) is 0 Å². The second-order valence-corrected chi connectivity index (χ2v) is 5.70. The first-order valence-corrected chi connectivity index (χ1v) is 7.58. The SMILES string of the molecule is CCCc1cccc(C2CCCCC2CNC)c1. The highest BCUT2D eigenvalue weighted by Crippen LogP contribution is 2.37. The smallest absolute Gasteiger partial charge is 0.00177 e. The summed E-state index contributed by atoms with van der Waals surface area (Å²) < 4.78 is 0. The minimum atomic E-state index is 0.781. The second kappa shape index (κ2) is 6.94. The molecule has 1 saturated carbocycles. The lowest BCUT2D eigenvalue weighted by Gasteiger charge is -2.32. The van der Waals surface area contributed by atoms with Crippen molar-refractivity contribution in [1.29, 1.82) is 0 Å². The van der Waals surface area contributed by atoms with Crippen molar-refractivity contribution < 1.29 is 0 Å². The molecule has 0 spiro atoms. The summed E-state index contributed by atoms with van der Waals surface area (Å²) in [7, 11) is 2.08. The maximum absolute atomic E-state index is 3.38. The van der Waals surface area contributed by atoms with Crippen LogP contribution in [-0.2, 0) is 6.42 Å². The van der Waals surface area contributed by atoms with Crippen LogP contribution in [0.5, 0.6) is 0 Å². The standard InChI is InChI=1S/C17H27N/c1-3-7-14-8-6-10-15(12-14)17-11-5-4-9-16(17)13-18-2/h6,8,10,12,16-18H,3-5,7,9,11,13H2,1-2H3. The molecule has 0 saturated heterocycles. The molecule has 1 aromatic carbocycles. The third kappa shape index (κ3) is 3.35. The van der Waals surface area contributed by atoms with Crippen LogP contribution in [0.3, 0.4) is 0 Å². The van der Waals surface area contributed by atoms with Crippen molar-refractivity contribution in [1.82, 2.24) is 5.32 Å². The van der Waals surface area contributed by atoms with E-state index < -0.39 is 0 Å². The van der Waals surface area contributed by atoms with Crippen molar-refractivity contribution in [2.24, 2.45) is 5.92 Å². The van der Waals surface area contributed by atoms with Gasteiger partial charge in [-0.25, -0.2) is 0 Å². The molecule has 1 N–H and O–H groups in total. The van der Waals surface area contributed by atoms with E-state index in [0.717, 1.165) is 11.8 Å². The Morgan fingerprint density at radius 1 is 1.22 bits per heavy atom. The van der Waals surface area contributed by atoms with E-state index in [2.05, 4.69) is 43.6 Å². The highest BCUT2D eigenvalue weighted by molar-refractivity contribution is 5.27. The molecule has 1 aromatic rings. The Bertz CT molecular complexity index is 356. The average molecular weight is 245 g/mol. The fourth-order valence-corrected chi connectivity index (χ4v) is 3.42. The van der Waals surface area contributed by atoms with Crippen LogP contribution >= 0.6 is 0 Å². The number of aryl methyl sites for hydroxylation is 1. The van der Waals surface area contributed by atoms with Gasteiger partial charge < -0.3 is 5.32 Å². The zero-order valence-corrected chi connectivity index (χ0v) is 11.9. The lowest BCUT2D eigenvalue weighted by Crippen LogP contribution is -2.27. The van der Waals surface area contributed by atoms with Gasteiger partial charge in [0.1, 0.15) is 0 Å². The first-order valence-electron chi connectivity index (χ1n) is 7.58. The Morgan fingerprint density at radius 2 is 2.06 bits per heavy atom. The number of hydrogen-bond acceptors (Lipinski definition) is 1. The number of rotatable bonds is 5. The molecule has 2 rings (SSSR count). The third-order valence-corrected chi connectivity index (χ3v) is 4.29. The monoisotopic (exact) mass is 245 g/mol. The molecular weight excluding hydrogens is 218 g/mol. The Labute approximate surface area is 112 Å². The van der Waals surface area contributed by atoms with Gasteiger partial charge in [-0.1, -0.05) is 50.5 Å².